The average Bonchev–Trinajstić information content (AvgIpc) is 2.09. The van der Waals surface area contributed by atoms with Crippen LogP contribution in [0.5, 0.6) is 0 Å². The first-order valence-corrected chi connectivity index (χ1v) is 3.40. The summed E-state index contributed by atoms with van der Waals surface area (Å²) in [6.07, 6.45) is -0.295. The van der Waals surface area contributed by atoms with Crippen molar-refractivity contribution in [1.82, 2.24) is 0 Å². The molecular weight excluding hydrogens is 140 g/mol. The van der Waals surface area contributed by atoms with Crippen molar-refractivity contribution in [3.8, 4) is 0 Å². The zero-order chi connectivity index (χ0) is 8.10. The zero-order valence-corrected chi connectivity index (χ0v) is 6.70. The van der Waals surface area contributed by atoms with E-state index in [4.69, 9.17) is 9.47 Å². The van der Waals surface area contributed by atoms with Gasteiger partial charge < -0.3 is 9.47 Å². The van der Waals surface area contributed by atoms with Crippen LogP contribution >= 0.6 is 0 Å². The first-order valence-electron chi connectivity index (χ1n) is 3.40. The quantitative estimate of drug-likeness (QED) is 0.613. The van der Waals surface area contributed by atoms with E-state index in [9.17, 15) is 0 Å². The summed E-state index contributed by atoms with van der Waals surface area (Å²) in [5.74, 6) is 0. The number of rotatable bonds is 3. The maximum absolute atomic E-state index is 5.03. The summed E-state index contributed by atoms with van der Waals surface area (Å²) in [5, 5.41) is 0. The molecule has 0 fully saturated rings. The van der Waals surface area contributed by atoms with Crippen LogP contribution in [0.25, 0.3) is 0 Å². The molecule has 0 N–H and O–H groups in total. The lowest BCUT2D eigenvalue weighted by Gasteiger charge is -2.12. The lowest BCUT2D eigenvalue weighted by molar-refractivity contribution is -0.106. The van der Waals surface area contributed by atoms with E-state index in [2.05, 4.69) is 6.07 Å². The molecule has 0 aliphatic carbocycles. The van der Waals surface area contributed by atoms with Crippen molar-refractivity contribution in [2.24, 2.45) is 0 Å². The normalized spacial score (nSPS) is 10.5. The molecule has 0 spiro atoms. The van der Waals surface area contributed by atoms with Gasteiger partial charge in [0.25, 0.3) is 0 Å². The minimum absolute atomic E-state index is 0.295. The fourth-order valence-electron chi connectivity index (χ4n) is 0.904. The summed E-state index contributed by atoms with van der Waals surface area (Å²) in [6.45, 7) is 0. The van der Waals surface area contributed by atoms with E-state index >= 15 is 0 Å². The second kappa shape index (κ2) is 4.11. The predicted octanol–water partition coefficient (Wildman–Crippen LogP) is 1.78. The molecule has 11 heavy (non-hydrogen) atoms. The van der Waals surface area contributed by atoms with Gasteiger partial charge in [-0.1, -0.05) is 24.3 Å². The van der Waals surface area contributed by atoms with Crippen LogP contribution in [0.15, 0.2) is 24.3 Å². The number of hydrogen-bond acceptors (Lipinski definition) is 2. The lowest BCUT2D eigenvalue weighted by atomic mass is 10.2. The van der Waals surface area contributed by atoms with E-state index in [0.717, 1.165) is 5.56 Å². The maximum Gasteiger partial charge on any atom is 0.183 e. The second-order valence-electron chi connectivity index (χ2n) is 2.12. The van der Waals surface area contributed by atoms with Crippen LogP contribution in [-0.4, -0.2) is 14.2 Å². The molecule has 0 saturated heterocycles. The van der Waals surface area contributed by atoms with Gasteiger partial charge in [0.05, 0.1) is 0 Å². The van der Waals surface area contributed by atoms with E-state index in [1.54, 1.807) is 14.2 Å². The molecule has 1 aromatic rings. The molecule has 1 radical (unpaired) electrons. The molecule has 0 saturated carbocycles. The molecule has 1 aromatic carbocycles. The van der Waals surface area contributed by atoms with E-state index in [1.807, 2.05) is 24.3 Å². The number of methoxy groups -OCH3 is 2. The van der Waals surface area contributed by atoms with Gasteiger partial charge in [0.1, 0.15) is 0 Å². The van der Waals surface area contributed by atoms with E-state index in [0.29, 0.717) is 0 Å². The van der Waals surface area contributed by atoms with Gasteiger partial charge in [0, 0.05) is 19.8 Å². The van der Waals surface area contributed by atoms with Crippen LogP contribution in [0.3, 0.4) is 0 Å². The van der Waals surface area contributed by atoms with Crippen LogP contribution in [0.4, 0.5) is 0 Å². The maximum atomic E-state index is 5.03. The Hall–Kier alpha value is -0.860. The Labute approximate surface area is 66.8 Å². The number of benzene rings is 1. The Morgan fingerprint density at radius 2 is 2.00 bits per heavy atom. The van der Waals surface area contributed by atoms with Gasteiger partial charge >= 0.3 is 0 Å². The second-order valence-corrected chi connectivity index (χ2v) is 2.12. The third kappa shape index (κ3) is 2.03. The van der Waals surface area contributed by atoms with Crippen molar-refractivity contribution in [3.63, 3.8) is 0 Å². The Morgan fingerprint density at radius 3 is 2.45 bits per heavy atom. The van der Waals surface area contributed by atoms with Crippen LogP contribution in [0, 0.1) is 6.07 Å². The van der Waals surface area contributed by atoms with Crippen molar-refractivity contribution in [3.05, 3.63) is 35.9 Å². The Bertz CT molecular complexity index is 192. The topological polar surface area (TPSA) is 18.5 Å². The first-order chi connectivity index (χ1) is 5.38. The van der Waals surface area contributed by atoms with Gasteiger partial charge in [-0.25, -0.2) is 0 Å². The molecule has 0 bridgehead atoms. The van der Waals surface area contributed by atoms with Gasteiger partial charge in [-0.3, -0.25) is 0 Å². The van der Waals surface area contributed by atoms with E-state index < -0.39 is 0 Å². The average molecular weight is 151 g/mol. The fourth-order valence-corrected chi connectivity index (χ4v) is 0.904. The molecular formula is C9H11O2. The van der Waals surface area contributed by atoms with Crippen molar-refractivity contribution >= 4 is 0 Å². The molecule has 0 unspecified atom stereocenters. The molecule has 0 amide bonds. The molecule has 0 aromatic heterocycles. The Kier molecular flexibility index (Phi) is 3.08. The van der Waals surface area contributed by atoms with Crippen molar-refractivity contribution in [2.45, 2.75) is 6.29 Å². The van der Waals surface area contributed by atoms with E-state index in [1.165, 1.54) is 0 Å². The SMILES string of the molecule is COC(OC)c1[c]cccc1. The zero-order valence-electron chi connectivity index (χ0n) is 6.70. The van der Waals surface area contributed by atoms with Crippen LogP contribution in [0.2, 0.25) is 0 Å². The van der Waals surface area contributed by atoms with Crippen molar-refractivity contribution in [1.29, 1.82) is 0 Å². The molecule has 0 atom stereocenters. The highest BCUT2D eigenvalue weighted by molar-refractivity contribution is 5.14. The van der Waals surface area contributed by atoms with Crippen molar-refractivity contribution < 1.29 is 9.47 Å². The van der Waals surface area contributed by atoms with Gasteiger partial charge in [0.2, 0.25) is 0 Å². The predicted molar refractivity (Wildman–Crippen MR) is 42.0 cm³/mol. The van der Waals surface area contributed by atoms with Crippen LogP contribution < -0.4 is 0 Å². The molecule has 0 heterocycles. The smallest absolute Gasteiger partial charge is 0.183 e. The minimum atomic E-state index is -0.295. The van der Waals surface area contributed by atoms with Crippen LogP contribution in [-0.2, 0) is 9.47 Å². The largest absolute Gasteiger partial charge is 0.352 e. The molecule has 59 valence electrons. The number of hydrogen-bond donors (Lipinski definition) is 0. The van der Waals surface area contributed by atoms with Gasteiger partial charge in [-0.05, 0) is 6.07 Å². The molecule has 0 aliphatic rings. The third-order valence-corrected chi connectivity index (χ3v) is 1.42. The monoisotopic (exact) mass is 151 g/mol. The summed E-state index contributed by atoms with van der Waals surface area (Å²) >= 11 is 0. The highest BCUT2D eigenvalue weighted by Gasteiger charge is 2.06. The van der Waals surface area contributed by atoms with Gasteiger partial charge in [-0.2, -0.15) is 0 Å². The highest BCUT2D eigenvalue weighted by Crippen LogP contribution is 2.14. The van der Waals surface area contributed by atoms with Crippen LogP contribution in [0.1, 0.15) is 11.9 Å². The molecule has 2 heteroatoms. The van der Waals surface area contributed by atoms with Gasteiger partial charge in [0.15, 0.2) is 6.29 Å². The summed E-state index contributed by atoms with van der Waals surface area (Å²) in [4.78, 5) is 0. The Balaban J connectivity index is 2.74. The summed E-state index contributed by atoms with van der Waals surface area (Å²) in [6, 6.07) is 10.6. The molecule has 2 nitrogen and oxygen atoms in total. The summed E-state index contributed by atoms with van der Waals surface area (Å²) in [7, 11) is 3.21. The first kappa shape index (κ1) is 8.24. The molecule has 1 rings (SSSR count). The number of ether oxygens (including phenoxy) is 2. The van der Waals surface area contributed by atoms with E-state index in [-0.39, 0.29) is 6.29 Å². The summed E-state index contributed by atoms with van der Waals surface area (Å²) < 4.78 is 10.1. The standard InChI is InChI=1S/C9H11O2/c1-10-9(11-2)8-6-4-3-5-7-8/h3-6,9H,1-2H3. The molecule has 0 aliphatic heterocycles. The van der Waals surface area contributed by atoms with Crippen molar-refractivity contribution in [2.75, 3.05) is 14.2 Å². The Morgan fingerprint density at radius 1 is 1.27 bits per heavy atom. The van der Waals surface area contributed by atoms with Gasteiger partial charge in [-0.15, -0.1) is 0 Å². The summed E-state index contributed by atoms with van der Waals surface area (Å²) in [5.41, 5.74) is 0.914. The fraction of sp³-hybridized carbons (Fsp3) is 0.333. The third-order valence-electron chi connectivity index (χ3n) is 1.42. The highest BCUT2D eigenvalue weighted by atomic mass is 16.7. The lowest BCUT2D eigenvalue weighted by Crippen LogP contribution is -2.02. The minimum Gasteiger partial charge on any atom is -0.352 e.